The summed E-state index contributed by atoms with van der Waals surface area (Å²) in [6.45, 7) is 0. The van der Waals surface area contributed by atoms with Crippen molar-refractivity contribution in [2.24, 2.45) is 0 Å². The maximum atomic E-state index is 13.4. The van der Waals surface area contributed by atoms with Crippen LogP contribution in [-0.4, -0.2) is 30.9 Å². The third kappa shape index (κ3) is 2.07. The molecule has 0 amide bonds. The molecule has 7 heteroatoms. The molecule has 0 aliphatic rings. The lowest BCUT2D eigenvalue weighted by Crippen LogP contribution is -2.07. The molecule has 82 valence electrons. The number of phenols is 1. The van der Waals surface area contributed by atoms with Crippen molar-refractivity contribution in [2.45, 2.75) is 4.90 Å². The maximum Gasteiger partial charge on any atom is 0.338 e. The van der Waals surface area contributed by atoms with E-state index < -0.39 is 37.8 Å². The second kappa shape index (κ2) is 3.50. The van der Waals surface area contributed by atoms with Gasteiger partial charge in [0.2, 0.25) is 0 Å². The molecule has 0 unspecified atom stereocenters. The molecule has 15 heavy (non-hydrogen) atoms. The van der Waals surface area contributed by atoms with Gasteiger partial charge in [0, 0.05) is 6.26 Å². The normalized spacial score (nSPS) is 11.3. The highest BCUT2D eigenvalue weighted by atomic mass is 32.2. The van der Waals surface area contributed by atoms with E-state index in [1.54, 1.807) is 0 Å². The quantitative estimate of drug-likeness (QED) is 0.783. The number of rotatable bonds is 2. The van der Waals surface area contributed by atoms with E-state index in [4.69, 9.17) is 10.2 Å². The Morgan fingerprint density at radius 3 is 2.33 bits per heavy atom. The van der Waals surface area contributed by atoms with Crippen LogP contribution in [0.15, 0.2) is 17.0 Å². The van der Waals surface area contributed by atoms with E-state index in [0.717, 1.165) is 12.1 Å². The maximum absolute atomic E-state index is 13.4. The molecule has 0 heterocycles. The summed E-state index contributed by atoms with van der Waals surface area (Å²) in [7, 11) is -4.01. The number of halogens is 1. The van der Waals surface area contributed by atoms with Crippen molar-refractivity contribution in [3.63, 3.8) is 0 Å². The largest absolute Gasteiger partial charge is 0.506 e. The Morgan fingerprint density at radius 2 is 1.93 bits per heavy atom. The second-order valence-corrected chi connectivity index (χ2v) is 4.81. The number of hydrogen-bond donors (Lipinski definition) is 2. The summed E-state index contributed by atoms with van der Waals surface area (Å²) in [5.41, 5.74) is -0.798. The average molecular weight is 234 g/mol. The van der Waals surface area contributed by atoms with Gasteiger partial charge in [0.05, 0.1) is 5.56 Å². The van der Waals surface area contributed by atoms with Gasteiger partial charge < -0.3 is 10.2 Å². The number of phenolic OH excluding ortho intramolecular Hbond substituents is 1. The number of carboxylic acids is 1. The molecule has 0 aromatic heterocycles. The summed E-state index contributed by atoms with van der Waals surface area (Å²) in [5.74, 6) is -3.86. The highest BCUT2D eigenvalue weighted by Crippen LogP contribution is 2.27. The third-order valence-corrected chi connectivity index (χ3v) is 2.81. The van der Waals surface area contributed by atoms with Crippen LogP contribution in [0.3, 0.4) is 0 Å². The predicted molar refractivity (Wildman–Crippen MR) is 48.1 cm³/mol. The lowest BCUT2D eigenvalue weighted by Gasteiger charge is -2.05. The van der Waals surface area contributed by atoms with E-state index >= 15 is 0 Å². The molecule has 0 bridgehead atoms. The molecule has 0 aliphatic carbocycles. The second-order valence-electron chi connectivity index (χ2n) is 2.85. The molecule has 1 rings (SSSR count). The van der Waals surface area contributed by atoms with Gasteiger partial charge in [-0.3, -0.25) is 0 Å². The molecule has 0 atom stereocenters. The van der Waals surface area contributed by atoms with Gasteiger partial charge in [0.1, 0.15) is 10.6 Å². The summed E-state index contributed by atoms with van der Waals surface area (Å²) in [6.07, 6.45) is 0.677. The van der Waals surface area contributed by atoms with Crippen LogP contribution >= 0.6 is 0 Å². The van der Waals surface area contributed by atoms with E-state index in [1.807, 2.05) is 0 Å². The van der Waals surface area contributed by atoms with Crippen LogP contribution in [0.4, 0.5) is 4.39 Å². The lowest BCUT2D eigenvalue weighted by molar-refractivity contribution is 0.0691. The topological polar surface area (TPSA) is 91.7 Å². The zero-order chi connectivity index (χ0) is 11.8. The summed E-state index contributed by atoms with van der Waals surface area (Å²) in [6, 6.07) is 1.62. The first kappa shape index (κ1) is 11.4. The van der Waals surface area contributed by atoms with E-state index in [0.29, 0.717) is 6.26 Å². The Labute approximate surface area is 84.7 Å². The van der Waals surface area contributed by atoms with Crippen LogP contribution < -0.4 is 0 Å². The van der Waals surface area contributed by atoms with Crippen molar-refractivity contribution in [1.29, 1.82) is 0 Å². The molecule has 0 saturated heterocycles. The monoisotopic (exact) mass is 234 g/mol. The van der Waals surface area contributed by atoms with Crippen LogP contribution in [0, 0.1) is 5.82 Å². The van der Waals surface area contributed by atoms with Crippen molar-refractivity contribution in [1.82, 2.24) is 0 Å². The standard InChI is InChI=1S/C8H7FO5S/c1-15(13,14)7-5(10)3-2-4(6(7)9)8(11)12/h2-3,10H,1H3,(H,11,12). The van der Waals surface area contributed by atoms with Crippen molar-refractivity contribution < 1.29 is 27.8 Å². The van der Waals surface area contributed by atoms with Gasteiger partial charge in [-0.05, 0) is 12.1 Å². The van der Waals surface area contributed by atoms with Gasteiger partial charge in [-0.25, -0.2) is 17.6 Å². The predicted octanol–water partition coefficient (Wildman–Crippen LogP) is 0.633. The molecule has 0 fully saturated rings. The van der Waals surface area contributed by atoms with Crippen molar-refractivity contribution in [2.75, 3.05) is 6.26 Å². The first-order chi connectivity index (χ1) is 6.75. The average Bonchev–Trinajstić information content (AvgIpc) is 2.00. The molecule has 0 aliphatic heterocycles. The summed E-state index contributed by atoms with van der Waals surface area (Å²) in [4.78, 5) is 9.50. The Bertz CT molecular complexity index is 520. The minimum Gasteiger partial charge on any atom is -0.506 e. The highest BCUT2D eigenvalue weighted by molar-refractivity contribution is 7.90. The molecule has 1 aromatic rings. The fraction of sp³-hybridized carbons (Fsp3) is 0.125. The van der Waals surface area contributed by atoms with Gasteiger partial charge in [-0.1, -0.05) is 0 Å². The highest BCUT2D eigenvalue weighted by Gasteiger charge is 2.24. The Hall–Kier alpha value is -1.63. The number of sulfone groups is 1. The number of aromatic hydroxyl groups is 1. The zero-order valence-electron chi connectivity index (χ0n) is 7.56. The number of hydrogen-bond acceptors (Lipinski definition) is 4. The van der Waals surface area contributed by atoms with E-state index in [9.17, 15) is 17.6 Å². The van der Waals surface area contributed by atoms with Crippen LogP contribution in [-0.2, 0) is 9.84 Å². The first-order valence-corrected chi connectivity index (χ1v) is 5.59. The molecule has 0 spiro atoms. The molecule has 5 nitrogen and oxygen atoms in total. The smallest absolute Gasteiger partial charge is 0.338 e. The van der Waals surface area contributed by atoms with Gasteiger partial charge >= 0.3 is 5.97 Å². The number of benzene rings is 1. The summed E-state index contributed by atoms with van der Waals surface area (Å²) < 4.78 is 35.5. The van der Waals surface area contributed by atoms with Crippen LogP contribution in [0.2, 0.25) is 0 Å². The lowest BCUT2D eigenvalue weighted by atomic mass is 10.2. The van der Waals surface area contributed by atoms with Crippen molar-refractivity contribution in [3.8, 4) is 5.75 Å². The molecule has 1 aromatic carbocycles. The zero-order valence-corrected chi connectivity index (χ0v) is 8.38. The number of carboxylic acid groups (broad SMARTS) is 1. The van der Waals surface area contributed by atoms with E-state index in [-0.39, 0.29) is 0 Å². The SMILES string of the molecule is CS(=O)(=O)c1c(O)ccc(C(=O)O)c1F. The van der Waals surface area contributed by atoms with E-state index in [1.165, 1.54) is 0 Å². The van der Waals surface area contributed by atoms with Gasteiger partial charge in [0.25, 0.3) is 0 Å². The Balaban J connectivity index is 3.66. The van der Waals surface area contributed by atoms with Crippen molar-refractivity contribution >= 4 is 15.8 Å². The van der Waals surface area contributed by atoms with Crippen LogP contribution in [0.5, 0.6) is 5.75 Å². The van der Waals surface area contributed by atoms with Crippen molar-refractivity contribution in [3.05, 3.63) is 23.5 Å². The number of aromatic carboxylic acids is 1. The van der Waals surface area contributed by atoms with Crippen LogP contribution in [0.25, 0.3) is 0 Å². The molecular weight excluding hydrogens is 227 g/mol. The first-order valence-electron chi connectivity index (χ1n) is 3.70. The minimum absolute atomic E-state index is 0.677. The summed E-state index contributed by atoms with van der Waals surface area (Å²) in [5, 5.41) is 17.7. The minimum atomic E-state index is -4.01. The van der Waals surface area contributed by atoms with Crippen LogP contribution in [0.1, 0.15) is 10.4 Å². The molecule has 0 saturated carbocycles. The van der Waals surface area contributed by atoms with E-state index in [2.05, 4.69) is 0 Å². The fourth-order valence-electron chi connectivity index (χ4n) is 1.06. The third-order valence-electron chi connectivity index (χ3n) is 1.68. The summed E-state index contributed by atoms with van der Waals surface area (Å²) >= 11 is 0. The Kier molecular flexibility index (Phi) is 2.67. The molecular formula is C8H7FO5S. The molecule has 0 radical (unpaired) electrons. The number of carbonyl (C=O) groups is 1. The van der Waals surface area contributed by atoms with Gasteiger partial charge in [-0.2, -0.15) is 0 Å². The van der Waals surface area contributed by atoms with Gasteiger partial charge in [-0.15, -0.1) is 0 Å². The van der Waals surface area contributed by atoms with Gasteiger partial charge in [0.15, 0.2) is 15.7 Å². The Morgan fingerprint density at radius 1 is 1.40 bits per heavy atom. The fourth-order valence-corrected chi connectivity index (χ4v) is 1.95. The molecule has 2 N–H and O–H groups in total.